The molecule has 1 aromatic heterocycles. The number of aryl methyl sites for hydroxylation is 3. The number of fused-ring (bicyclic) bond motifs is 1. The van der Waals surface area contributed by atoms with Crippen LogP contribution in [0.1, 0.15) is 11.1 Å². The molecular weight excluding hydrogens is 344 g/mol. The lowest BCUT2D eigenvalue weighted by Gasteiger charge is -2.02. The van der Waals surface area contributed by atoms with Gasteiger partial charge in [0.15, 0.2) is 0 Å². The van der Waals surface area contributed by atoms with Gasteiger partial charge in [-0.15, -0.1) is 4.40 Å². The van der Waals surface area contributed by atoms with Crippen molar-refractivity contribution in [3.8, 4) is 5.75 Å². The Balaban J connectivity index is 2.18. The predicted molar refractivity (Wildman–Crippen MR) is 96.0 cm³/mol. The summed E-state index contributed by atoms with van der Waals surface area (Å²) in [6.45, 7) is 4.04. The molecule has 0 radical (unpaired) electrons. The Labute approximate surface area is 144 Å². The Morgan fingerprint density at radius 1 is 1.12 bits per heavy atom. The lowest BCUT2D eigenvalue weighted by molar-refractivity contribution is 0.414. The minimum atomic E-state index is -3.77. The zero-order chi connectivity index (χ0) is 17.5. The molecule has 0 aliphatic rings. The fourth-order valence-electron chi connectivity index (χ4n) is 2.56. The number of hydrogen-bond donors (Lipinski definition) is 0. The minimum absolute atomic E-state index is 0.147. The van der Waals surface area contributed by atoms with Gasteiger partial charge >= 0.3 is 0 Å². The quantitative estimate of drug-likeness (QED) is 0.719. The summed E-state index contributed by atoms with van der Waals surface area (Å²) in [5, 5.41) is 0. The standard InChI is InChI=1S/C17H18N2O3S2/c1-11-9-12(2)16-15(10-11)19(3)17(23-16)18-24(20,21)14-7-5-13(22-4)6-8-14/h5-10H,1-4H3/b18-17-. The van der Waals surface area contributed by atoms with Gasteiger partial charge in [0.05, 0.1) is 22.2 Å². The van der Waals surface area contributed by atoms with Crippen LogP contribution in [0.2, 0.25) is 0 Å². The maximum atomic E-state index is 12.6. The molecule has 0 fully saturated rings. The SMILES string of the molecule is COc1ccc(S(=O)(=O)/N=c2\sc3c(C)cc(C)cc3n2C)cc1. The molecule has 7 heteroatoms. The molecule has 3 aromatic rings. The van der Waals surface area contributed by atoms with Gasteiger partial charge in [-0.3, -0.25) is 0 Å². The minimum Gasteiger partial charge on any atom is -0.497 e. The molecule has 0 N–H and O–H groups in total. The average Bonchev–Trinajstić information content (AvgIpc) is 2.84. The molecule has 0 saturated carbocycles. The van der Waals surface area contributed by atoms with E-state index in [0.717, 1.165) is 21.3 Å². The van der Waals surface area contributed by atoms with E-state index in [9.17, 15) is 8.42 Å². The van der Waals surface area contributed by atoms with Gasteiger partial charge in [0, 0.05) is 7.05 Å². The molecule has 0 bridgehead atoms. The molecule has 0 aliphatic heterocycles. The molecule has 0 saturated heterocycles. The fourth-order valence-corrected chi connectivity index (χ4v) is 4.85. The highest BCUT2D eigenvalue weighted by Crippen LogP contribution is 2.23. The molecule has 0 aliphatic carbocycles. The van der Waals surface area contributed by atoms with E-state index in [1.807, 2.05) is 31.5 Å². The van der Waals surface area contributed by atoms with Gasteiger partial charge in [0.2, 0.25) is 4.80 Å². The molecule has 0 spiro atoms. The Bertz CT molecular complexity index is 1080. The smallest absolute Gasteiger partial charge is 0.285 e. The van der Waals surface area contributed by atoms with Crippen LogP contribution in [-0.4, -0.2) is 20.1 Å². The van der Waals surface area contributed by atoms with E-state index < -0.39 is 10.0 Å². The molecule has 126 valence electrons. The largest absolute Gasteiger partial charge is 0.497 e. The lowest BCUT2D eigenvalue weighted by Crippen LogP contribution is -2.13. The highest BCUT2D eigenvalue weighted by Gasteiger charge is 2.14. The molecule has 24 heavy (non-hydrogen) atoms. The third-order valence-corrected chi connectivity index (χ3v) is 6.48. The third kappa shape index (κ3) is 2.97. The van der Waals surface area contributed by atoms with Gasteiger partial charge in [-0.25, -0.2) is 0 Å². The maximum absolute atomic E-state index is 12.6. The summed E-state index contributed by atoms with van der Waals surface area (Å²) in [6, 6.07) is 10.3. The van der Waals surface area contributed by atoms with Gasteiger partial charge in [-0.2, -0.15) is 8.42 Å². The van der Waals surface area contributed by atoms with Crippen molar-refractivity contribution in [3.63, 3.8) is 0 Å². The summed E-state index contributed by atoms with van der Waals surface area (Å²) in [7, 11) is -0.402. The van der Waals surface area contributed by atoms with Crippen LogP contribution in [0.3, 0.4) is 0 Å². The first kappa shape index (κ1) is 16.7. The van der Waals surface area contributed by atoms with Crippen molar-refractivity contribution in [1.29, 1.82) is 0 Å². The number of methoxy groups -OCH3 is 1. The molecule has 2 aromatic carbocycles. The summed E-state index contributed by atoms with van der Waals surface area (Å²) in [5.41, 5.74) is 3.24. The zero-order valence-corrected chi connectivity index (χ0v) is 15.5. The average molecular weight is 362 g/mol. The van der Waals surface area contributed by atoms with Crippen LogP contribution in [0.5, 0.6) is 5.75 Å². The first-order valence-corrected chi connectivity index (χ1v) is 9.59. The summed E-state index contributed by atoms with van der Waals surface area (Å²) in [6.07, 6.45) is 0. The topological polar surface area (TPSA) is 60.7 Å². The van der Waals surface area contributed by atoms with E-state index in [2.05, 4.69) is 10.5 Å². The van der Waals surface area contributed by atoms with Crippen molar-refractivity contribution in [2.75, 3.05) is 7.11 Å². The second-order valence-electron chi connectivity index (χ2n) is 5.62. The van der Waals surface area contributed by atoms with Crippen molar-refractivity contribution >= 4 is 31.6 Å². The van der Waals surface area contributed by atoms with Crippen molar-refractivity contribution < 1.29 is 13.2 Å². The van der Waals surface area contributed by atoms with E-state index in [1.165, 1.54) is 30.6 Å². The number of hydrogen-bond acceptors (Lipinski definition) is 4. The molecule has 0 amide bonds. The van der Waals surface area contributed by atoms with Crippen LogP contribution < -0.4 is 9.54 Å². The molecule has 0 atom stereocenters. The number of rotatable bonds is 3. The van der Waals surface area contributed by atoms with Gasteiger partial charge in [-0.1, -0.05) is 17.4 Å². The Morgan fingerprint density at radius 2 is 1.79 bits per heavy atom. The number of ether oxygens (including phenoxy) is 1. The number of sulfonamides is 1. The van der Waals surface area contributed by atoms with Crippen LogP contribution in [-0.2, 0) is 17.1 Å². The Kier molecular flexibility index (Phi) is 4.23. The van der Waals surface area contributed by atoms with Crippen LogP contribution in [0.4, 0.5) is 0 Å². The van der Waals surface area contributed by atoms with E-state index >= 15 is 0 Å². The zero-order valence-electron chi connectivity index (χ0n) is 13.9. The fraction of sp³-hybridized carbons (Fsp3) is 0.235. The predicted octanol–water partition coefficient (Wildman–Crippen LogP) is 3.15. The van der Waals surface area contributed by atoms with Crippen LogP contribution in [0, 0.1) is 13.8 Å². The van der Waals surface area contributed by atoms with Gasteiger partial charge in [0.1, 0.15) is 5.75 Å². The van der Waals surface area contributed by atoms with Crippen LogP contribution in [0.15, 0.2) is 45.7 Å². The summed E-state index contributed by atoms with van der Waals surface area (Å²) >= 11 is 1.38. The number of benzene rings is 2. The van der Waals surface area contributed by atoms with E-state index in [4.69, 9.17) is 4.74 Å². The normalized spacial score (nSPS) is 12.8. The van der Waals surface area contributed by atoms with Crippen molar-refractivity contribution in [3.05, 3.63) is 52.3 Å². The maximum Gasteiger partial charge on any atom is 0.285 e. The van der Waals surface area contributed by atoms with E-state index in [0.29, 0.717) is 10.6 Å². The summed E-state index contributed by atoms with van der Waals surface area (Å²) in [4.78, 5) is 0.600. The monoisotopic (exact) mass is 362 g/mol. The summed E-state index contributed by atoms with van der Waals surface area (Å²) < 4.78 is 37.1. The highest BCUT2D eigenvalue weighted by molar-refractivity contribution is 7.90. The highest BCUT2D eigenvalue weighted by atomic mass is 32.2. The van der Waals surface area contributed by atoms with Crippen molar-refractivity contribution in [2.45, 2.75) is 18.7 Å². The first-order valence-electron chi connectivity index (χ1n) is 7.33. The molecule has 5 nitrogen and oxygen atoms in total. The van der Waals surface area contributed by atoms with Crippen LogP contribution in [0.25, 0.3) is 10.2 Å². The molecule has 0 unspecified atom stereocenters. The van der Waals surface area contributed by atoms with E-state index in [1.54, 1.807) is 12.1 Å². The van der Waals surface area contributed by atoms with E-state index in [-0.39, 0.29) is 4.90 Å². The molecular formula is C17H18N2O3S2. The second kappa shape index (κ2) is 6.07. The molecule has 1 heterocycles. The van der Waals surface area contributed by atoms with Crippen molar-refractivity contribution in [1.82, 2.24) is 4.57 Å². The number of nitrogens with zero attached hydrogens (tertiary/aromatic N) is 2. The number of aromatic nitrogens is 1. The first-order chi connectivity index (χ1) is 11.3. The summed E-state index contributed by atoms with van der Waals surface area (Å²) in [5.74, 6) is 0.604. The van der Waals surface area contributed by atoms with Crippen LogP contribution >= 0.6 is 11.3 Å². The second-order valence-corrected chi connectivity index (χ2v) is 8.20. The number of thiazole rings is 1. The van der Waals surface area contributed by atoms with Crippen molar-refractivity contribution in [2.24, 2.45) is 11.4 Å². The van der Waals surface area contributed by atoms with Gasteiger partial charge in [-0.05, 0) is 55.3 Å². The third-order valence-electron chi connectivity index (χ3n) is 3.80. The van der Waals surface area contributed by atoms with Gasteiger partial charge < -0.3 is 9.30 Å². The molecule has 3 rings (SSSR count). The van der Waals surface area contributed by atoms with Gasteiger partial charge in [0.25, 0.3) is 10.0 Å². The Morgan fingerprint density at radius 3 is 2.42 bits per heavy atom. The Hall–Kier alpha value is -2.12. The lowest BCUT2D eigenvalue weighted by atomic mass is 10.1.